The molecule has 0 bridgehead atoms. The van der Waals surface area contributed by atoms with Crippen LogP contribution in [0.4, 0.5) is 11.6 Å². The van der Waals surface area contributed by atoms with Crippen LogP contribution in [0.15, 0.2) is 42.6 Å². The molecule has 3 rings (SSSR count). The third-order valence-corrected chi connectivity index (χ3v) is 4.55. The maximum atomic E-state index is 12.2. The summed E-state index contributed by atoms with van der Waals surface area (Å²) in [6.07, 6.45) is 4.89. The van der Waals surface area contributed by atoms with Gasteiger partial charge in [0.2, 0.25) is 5.91 Å². The average molecular weight is 338 g/mol. The summed E-state index contributed by atoms with van der Waals surface area (Å²) in [7, 11) is 0. The summed E-state index contributed by atoms with van der Waals surface area (Å²) in [6, 6.07) is 11.8. The van der Waals surface area contributed by atoms with Crippen molar-refractivity contribution >= 4 is 17.5 Å². The maximum absolute atomic E-state index is 12.2. The van der Waals surface area contributed by atoms with E-state index in [2.05, 4.69) is 16.4 Å². The van der Waals surface area contributed by atoms with Crippen molar-refractivity contribution in [1.82, 2.24) is 14.9 Å². The molecule has 2 aromatic heterocycles. The first-order valence-corrected chi connectivity index (χ1v) is 9.04. The smallest absolute Gasteiger partial charge is 0.225 e. The van der Waals surface area contributed by atoms with Gasteiger partial charge in [-0.25, -0.2) is 9.97 Å². The van der Waals surface area contributed by atoms with Crippen LogP contribution in [0, 0.1) is 11.8 Å². The molecule has 5 heteroatoms. The molecule has 25 heavy (non-hydrogen) atoms. The molecular weight excluding hydrogens is 312 g/mol. The van der Waals surface area contributed by atoms with E-state index in [0.717, 1.165) is 49.7 Å². The zero-order valence-electron chi connectivity index (χ0n) is 15.0. The summed E-state index contributed by atoms with van der Waals surface area (Å²) < 4.78 is 0. The molecule has 0 saturated carbocycles. The van der Waals surface area contributed by atoms with E-state index < -0.39 is 0 Å². The van der Waals surface area contributed by atoms with Gasteiger partial charge < -0.3 is 10.2 Å². The molecule has 0 spiro atoms. The van der Waals surface area contributed by atoms with Gasteiger partial charge in [0.05, 0.1) is 0 Å². The minimum Gasteiger partial charge on any atom is -0.342 e. The van der Waals surface area contributed by atoms with Crippen molar-refractivity contribution < 1.29 is 4.79 Å². The summed E-state index contributed by atoms with van der Waals surface area (Å²) >= 11 is 0. The summed E-state index contributed by atoms with van der Waals surface area (Å²) in [5.74, 6) is 2.42. The van der Waals surface area contributed by atoms with E-state index in [-0.39, 0.29) is 11.8 Å². The molecule has 132 valence electrons. The number of aromatic nitrogens is 2. The molecule has 1 fully saturated rings. The first-order chi connectivity index (χ1) is 12.1. The SMILES string of the molecule is CC(C)C(=O)N1CCC[C@@H](Cc2cccc(Nc3ccccn3)n2)C1. The number of carbonyl (C=O) groups excluding carboxylic acids is 1. The highest BCUT2D eigenvalue weighted by molar-refractivity contribution is 5.78. The number of rotatable bonds is 5. The zero-order chi connectivity index (χ0) is 17.6. The molecule has 0 radical (unpaired) electrons. The number of likely N-dealkylation sites (tertiary alicyclic amines) is 1. The van der Waals surface area contributed by atoms with E-state index in [1.807, 2.05) is 49.1 Å². The largest absolute Gasteiger partial charge is 0.342 e. The first-order valence-electron chi connectivity index (χ1n) is 9.04. The van der Waals surface area contributed by atoms with Gasteiger partial charge in [0, 0.05) is 30.9 Å². The summed E-state index contributed by atoms with van der Waals surface area (Å²) in [5, 5.41) is 3.24. The molecule has 1 N–H and O–H groups in total. The fraction of sp³-hybridized carbons (Fsp3) is 0.450. The van der Waals surface area contributed by atoms with Gasteiger partial charge in [-0.2, -0.15) is 0 Å². The lowest BCUT2D eigenvalue weighted by Crippen LogP contribution is -2.42. The molecule has 5 nitrogen and oxygen atoms in total. The van der Waals surface area contributed by atoms with Crippen LogP contribution in [-0.4, -0.2) is 33.9 Å². The molecule has 2 aromatic rings. The van der Waals surface area contributed by atoms with Crippen LogP contribution >= 0.6 is 0 Å². The molecular formula is C20H26N4O. The summed E-state index contributed by atoms with van der Waals surface area (Å²) in [4.78, 5) is 23.3. The Labute approximate surface area is 149 Å². The van der Waals surface area contributed by atoms with Crippen LogP contribution in [0.2, 0.25) is 0 Å². The fourth-order valence-corrected chi connectivity index (χ4v) is 3.32. The van der Waals surface area contributed by atoms with Gasteiger partial charge in [-0.1, -0.05) is 26.0 Å². The van der Waals surface area contributed by atoms with Crippen molar-refractivity contribution in [3.63, 3.8) is 0 Å². The third kappa shape index (κ3) is 4.78. The van der Waals surface area contributed by atoms with Gasteiger partial charge in [-0.05, 0) is 49.4 Å². The molecule has 0 unspecified atom stereocenters. The van der Waals surface area contributed by atoms with Crippen LogP contribution in [0.25, 0.3) is 0 Å². The van der Waals surface area contributed by atoms with Crippen molar-refractivity contribution in [1.29, 1.82) is 0 Å². The summed E-state index contributed by atoms with van der Waals surface area (Å²) in [6.45, 7) is 5.68. The van der Waals surface area contributed by atoms with Crippen LogP contribution in [-0.2, 0) is 11.2 Å². The predicted molar refractivity (Wildman–Crippen MR) is 99.6 cm³/mol. The Morgan fingerprint density at radius 2 is 2.08 bits per heavy atom. The molecule has 1 aliphatic heterocycles. The number of amides is 1. The Balaban J connectivity index is 1.63. The lowest BCUT2D eigenvalue weighted by Gasteiger charge is -2.33. The van der Waals surface area contributed by atoms with E-state index in [1.165, 1.54) is 0 Å². The monoisotopic (exact) mass is 338 g/mol. The molecule has 0 aliphatic carbocycles. The Bertz CT molecular complexity index is 702. The molecule has 1 aliphatic rings. The van der Waals surface area contributed by atoms with Gasteiger partial charge in [-0.3, -0.25) is 4.79 Å². The topological polar surface area (TPSA) is 58.1 Å². The second-order valence-electron chi connectivity index (χ2n) is 7.01. The highest BCUT2D eigenvalue weighted by Gasteiger charge is 2.25. The normalized spacial score (nSPS) is 17.6. The number of nitrogens with one attached hydrogen (secondary N) is 1. The standard InChI is InChI=1S/C20H26N4O/c1-15(2)20(25)24-12-6-7-16(14-24)13-17-8-5-10-19(22-17)23-18-9-3-4-11-21-18/h3-5,8-11,15-16H,6-7,12-14H2,1-2H3,(H,21,22,23)/t16-/m0/s1. The van der Waals surface area contributed by atoms with Crippen molar-refractivity contribution in [3.8, 4) is 0 Å². The number of hydrogen-bond acceptors (Lipinski definition) is 4. The van der Waals surface area contributed by atoms with Crippen LogP contribution < -0.4 is 5.32 Å². The first kappa shape index (κ1) is 17.4. The third-order valence-electron chi connectivity index (χ3n) is 4.55. The zero-order valence-corrected chi connectivity index (χ0v) is 15.0. The van der Waals surface area contributed by atoms with E-state index in [1.54, 1.807) is 6.20 Å². The molecule has 1 amide bonds. The Hall–Kier alpha value is -2.43. The van der Waals surface area contributed by atoms with E-state index in [0.29, 0.717) is 5.92 Å². The quantitative estimate of drug-likeness (QED) is 0.904. The number of hydrogen-bond donors (Lipinski definition) is 1. The van der Waals surface area contributed by atoms with Gasteiger partial charge in [0.25, 0.3) is 0 Å². The van der Waals surface area contributed by atoms with Gasteiger partial charge in [-0.15, -0.1) is 0 Å². The second-order valence-corrected chi connectivity index (χ2v) is 7.01. The highest BCUT2D eigenvalue weighted by atomic mass is 16.2. The maximum Gasteiger partial charge on any atom is 0.225 e. The minimum atomic E-state index is 0.0720. The van der Waals surface area contributed by atoms with Crippen LogP contribution in [0.1, 0.15) is 32.4 Å². The van der Waals surface area contributed by atoms with Crippen molar-refractivity contribution in [2.24, 2.45) is 11.8 Å². The average Bonchev–Trinajstić information content (AvgIpc) is 2.62. The van der Waals surface area contributed by atoms with Crippen LogP contribution in [0.3, 0.4) is 0 Å². The molecule has 3 heterocycles. The molecule has 0 aromatic carbocycles. The number of anilines is 2. The van der Waals surface area contributed by atoms with Crippen molar-refractivity contribution in [2.45, 2.75) is 33.1 Å². The lowest BCUT2D eigenvalue weighted by atomic mass is 9.92. The number of carbonyl (C=O) groups is 1. The number of pyridine rings is 2. The van der Waals surface area contributed by atoms with E-state index >= 15 is 0 Å². The lowest BCUT2D eigenvalue weighted by molar-refractivity contribution is -0.136. The number of piperidine rings is 1. The highest BCUT2D eigenvalue weighted by Crippen LogP contribution is 2.22. The Morgan fingerprint density at radius 1 is 1.24 bits per heavy atom. The Morgan fingerprint density at radius 3 is 2.84 bits per heavy atom. The minimum absolute atomic E-state index is 0.0720. The van der Waals surface area contributed by atoms with E-state index in [9.17, 15) is 4.79 Å². The van der Waals surface area contributed by atoms with Gasteiger partial charge >= 0.3 is 0 Å². The van der Waals surface area contributed by atoms with Gasteiger partial charge in [0.15, 0.2) is 0 Å². The number of nitrogens with zero attached hydrogens (tertiary/aromatic N) is 3. The fourth-order valence-electron chi connectivity index (χ4n) is 3.32. The van der Waals surface area contributed by atoms with E-state index in [4.69, 9.17) is 4.98 Å². The second kappa shape index (κ2) is 8.10. The summed E-state index contributed by atoms with van der Waals surface area (Å²) in [5.41, 5.74) is 1.06. The van der Waals surface area contributed by atoms with Crippen molar-refractivity contribution in [3.05, 3.63) is 48.3 Å². The Kier molecular flexibility index (Phi) is 5.64. The predicted octanol–water partition coefficient (Wildman–Crippen LogP) is 3.66. The molecule has 1 saturated heterocycles. The van der Waals surface area contributed by atoms with Gasteiger partial charge in [0.1, 0.15) is 11.6 Å². The van der Waals surface area contributed by atoms with Crippen molar-refractivity contribution in [2.75, 3.05) is 18.4 Å². The van der Waals surface area contributed by atoms with Crippen LogP contribution in [0.5, 0.6) is 0 Å². The molecule has 1 atom stereocenters.